The van der Waals surface area contributed by atoms with Crippen LogP contribution < -0.4 is 11.5 Å². The highest BCUT2D eigenvalue weighted by Crippen LogP contribution is 1.93. The maximum absolute atomic E-state index is 10.5. The van der Waals surface area contributed by atoms with Gasteiger partial charge in [-0.25, -0.2) is 0 Å². The molecule has 0 saturated carbocycles. The van der Waals surface area contributed by atoms with E-state index in [0.29, 0.717) is 6.42 Å². The average molecular weight is 232 g/mol. The molecule has 0 rings (SSSR count). The lowest BCUT2D eigenvalue weighted by atomic mass is 10.1. The summed E-state index contributed by atoms with van der Waals surface area (Å²) in [5, 5.41) is 0. The van der Waals surface area contributed by atoms with Crippen LogP contribution in [0.4, 0.5) is 0 Å². The van der Waals surface area contributed by atoms with E-state index >= 15 is 0 Å². The van der Waals surface area contributed by atoms with Crippen LogP contribution in [0.1, 0.15) is 60.3 Å². The van der Waals surface area contributed by atoms with Gasteiger partial charge < -0.3 is 11.5 Å². The molecule has 0 aromatic carbocycles. The molecule has 16 heavy (non-hydrogen) atoms. The summed E-state index contributed by atoms with van der Waals surface area (Å²) < 4.78 is 0. The fraction of sp³-hybridized carbons (Fsp3) is 0.833. The summed E-state index contributed by atoms with van der Waals surface area (Å²) in [5.41, 5.74) is 10.1. The summed E-state index contributed by atoms with van der Waals surface area (Å²) in [6.07, 6.45) is 3.03. The molecule has 0 aromatic heterocycles. The summed E-state index contributed by atoms with van der Waals surface area (Å²) in [5.74, 6) is -0.530. The number of hydrogen-bond acceptors (Lipinski definition) is 3. The Morgan fingerprint density at radius 3 is 1.56 bits per heavy atom. The van der Waals surface area contributed by atoms with Gasteiger partial charge in [-0.05, 0) is 13.3 Å². The van der Waals surface area contributed by atoms with E-state index in [-0.39, 0.29) is 12.2 Å². The molecule has 0 radical (unpaired) electrons. The Morgan fingerprint density at radius 2 is 1.38 bits per heavy atom. The number of nitrogens with two attached hydrogens (primary N) is 2. The van der Waals surface area contributed by atoms with Gasteiger partial charge in [0.25, 0.3) is 0 Å². The van der Waals surface area contributed by atoms with Crippen LogP contribution in [0.5, 0.6) is 0 Å². The van der Waals surface area contributed by atoms with Crippen LogP contribution in [0.2, 0.25) is 0 Å². The second-order valence-electron chi connectivity index (χ2n) is 3.64. The van der Waals surface area contributed by atoms with Gasteiger partial charge in [-0.1, -0.05) is 40.5 Å². The molecule has 1 amide bonds. The molecule has 0 aliphatic carbocycles. The molecular weight excluding hydrogens is 204 g/mol. The molecule has 1 atom stereocenters. The second kappa shape index (κ2) is 16.5. The zero-order chi connectivity index (χ0) is 13.6. The minimum atomic E-state index is -0.535. The first kappa shape index (κ1) is 20.5. The minimum absolute atomic E-state index is 0.110. The zero-order valence-electron chi connectivity index (χ0n) is 11.4. The van der Waals surface area contributed by atoms with Crippen molar-refractivity contribution in [2.24, 2.45) is 11.5 Å². The highest BCUT2D eigenvalue weighted by molar-refractivity contribution is 5.82. The third kappa shape index (κ3) is 29.2. The Kier molecular flexibility index (Phi) is 21.2. The van der Waals surface area contributed by atoms with Crippen molar-refractivity contribution in [3.05, 3.63) is 0 Å². The van der Waals surface area contributed by atoms with Crippen LogP contribution in [-0.4, -0.2) is 17.7 Å². The summed E-state index contributed by atoms with van der Waals surface area (Å²) in [7, 11) is 0. The predicted octanol–water partition coefficient (Wildman–Crippen LogP) is 2.00. The van der Waals surface area contributed by atoms with Crippen LogP contribution in [0, 0.1) is 0 Å². The highest BCUT2D eigenvalue weighted by atomic mass is 16.1. The maximum atomic E-state index is 10.5. The number of amides is 1. The summed E-state index contributed by atoms with van der Waals surface area (Å²) in [6.45, 7) is 9.89. The Bertz CT molecular complexity index is 168. The second-order valence-corrected chi connectivity index (χ2v) is 3.64. The largest absolute Gasteiger partial charge is 0.370 e. The van der Waals surface area contributed by atoms with E-state index in [0.717, 1.165) is 0 Å². The first-order chi connectivity index (χ1) is 7.37. The molecule has 98 valence electrons. The first-order valence-electron chi connectivity index (χ1n) is 5.91. The van der Waals surface area contributed by atoms with Gasteiger partial charge in [0.2, 0.25) is 5.91 Å². The first-order valence-corrected chi connectivity index (χ1v) is 5.91. The quantitative estimate of drug-likeness (QED) is 0.777. The molecule has 4 nitrogen and oxygen atoms in total. The van der Waals surface area contributed by atoms with E-state index in [4.69, 9.17) is 11.5 Å². The van der Waals surface area contributed by atoms with Crippen molar-refractivity contribution in [1.29, 1.82) is 0 Å². The van der Waals surface area contributed by atoms with Gasteiger partial charge in [0.05, 0.1) is 6.04 Å². The standard InChI is InChI=1S/C6H12N2O2.2C3H8/c1-4(9)5(7)2-3-6(8)10;2*1-3-2/h5H,2-3,7H2,1H3,(H2,8,10);2*3H2,1-2H3. The van der Waals surface area contributed by atoms with Gasteiger partial charge in [-0.15, -0.1) is 0 Å². The van der Waals surface area contributed by atoms with E-state index in [1.807, 2.05) is 0 Å². The molecule has 4 N–H and O–H groups in total. The van der Waals surface area contributed by atoms with E-state index < -0.39 is 11.9 Å². The molecule has 4 heteroatoms. The highest BCUT2D eigenvalue weighted by Gasteiger charge is 2.08. The maximum Gasteiger partial charge on any atom is 0.217 e. The number of Topliss-reactive ketones (excluding diaryl/α,β-unsaturated/α-hetero) is 1. The fourth-order valence-corrected chi connectivity index (χ4v) is 0.501. The van der Waals surface area contributed by atoms with Crippen LogP contribution in [0.15, 0.2) is 0 Å². The molecule has 0 aliphatic rings. The summed E-state index contributed by atoms with van der Waals surface area (Å²) >= 11 is 0. The van der Waals surface area contributed by atoms with Gasteiger partial charge in [0.1, 0.15) is 5.78 Å². The number of rotatable bonds is 4. The number of carbonyl (C=O) groups is 2. The Morgan fingerprint density at radius 1 is 1.06 bits per heavy atom. The van der Waals surface area contributed by atoms with Crippen molar-refractivity contribution in [3.8, 4) is 0 Å². The summed E-state index contributed by atoms with van der Waals surface area (Å²) in [4.78, 5) is 20.7. The van der Waals surface area contributed by atoms with Crippen molar-refractivity contribution in [1.82, 2.24) is 0 Å². The average Bonchev–Trinajstić information content (AvgIpc) is 2.16. The molecule has 0 aliphatic heterocycles. The Hall–Kier alpha value is -0.900. The topological polar surface area (TPSA) is 86.2 Å². The SMILES string of the molecule is CC(=O)C(N)CCC(N)=O.CCC.CCC. The lowest BCUT2D eigenvalue weighted by Gasteiger charge is -2.03. The predicted molar refractivity (Wildman–Crippen MR) is 69.0 cm³/mol. The van der Waals surface area contributed by atoms with Gasteiger partial charge in [-0.3, -0.25) is 9.59 Å². The zero-order valence-corrected chi connectivity index (χ0v) is 11.4. The van der Waals surface area contributed by atoms with Crippen molar-refractivity contribution in [2.75, 3.05) is 0 Å². The minimum Gasteiger partial charge on any atom is -0.370 e. The normalized spacial score (nSPS) is 10.1. The number of primary amides is 1. The number of ketones is 1. The molecule has 0 aromatic rings. The van der Waals surface area contributed by atoms with Gasteiger partial charge in [0, 0.05) is 6.42 Å². The van der Waals surface area contributed by atoms with E-state index in [1.165, 1.54) is 19.8 Å². The molecule has 0 fully saturated rings. The van der Waals surface area contributed by atoms with Crippen LogP contribution in [0.25, 0.3) is 0 Å². The molecular formula is C12H28N2O2. The van der Waals surface area contributed by atoms with E-state index in [1.54, 1.807) is 0 Å². The molecule has 0 spiro atoms. The van der Waals surface area contributed by atoms with Crippen LogP contribution >= 0.6 is 0 Å². The number of carbonyl (C=O) groups excluding carboxylic acids is 2. The van der Waals surface area contributed by atoms with Crippen molar-refractivity contribution >= 4 is 11.7 Å². The molecule has 0 heterocycles. The molecule has 0 bridgehead atoms. The Balaban J connectivity index is -0.000000235. The third-order valence-corrected chi connectivity index (χ3v) is 1.22. The van der Waals surface area contributed by atoms with E-state index in [2.05, 4.69) is 27.7 Å². The van der Waals surface area contributed by atoms with Crippen molar-refractivity contribution in [2.45, 2.75) is 66.3 Å². The lowest BCUT2D eigenvalue weighted by molar-refractivity contribution is -0.119. The summed E-state index contributed by atoms with van der Waals surface area (Å²) in [6, 6.07) is -0.535. The lowest BCUT2D eigenvalue weighted by Crippen LogP contribution is -2.29. The number of hydrogen-bond donors (Lipinski definition) is 2. The molecule has 0 saturated heterocycles. The smallest absolute Gasteiger partial charge is 0.217 e. The Labute approximate surface area is 99.8 Å². The fourth-order valence-electron chi connectivity index (χ4n) is 0.501. The van der Waals surface area contributed by atoms with E-state index in [9.17, 15) is 9.59 Å². The van der Waals surface area contributed by atoms with Gasteiger partial charge in [0.15, 0.2) is 0 Å². The monoisotopic (exact) mass is 232 g/mol. The van der Waals surface area contributed by atoms with Crippen LogP contribution in [0.3, 0.4) is 0 Å². The van der Waals surface area contributed by atoms with Crippen molar-refractivity contribution < 1.29 is 9.59 Å². The van der Waals surface area contributed by atoms with Crippen LogP contribution in [-0.2, 0) is 9.59 Å². The van der Waals surface area contributed by atoms with Gasteiger partial charge >= 0.3 is 0 Å². The van der Waals surface area contributed by atoms with Crippen molar-refractivity contribution in [3.63, 3.8) is 0 Å². The molecule has 1 unspecified atom stereocenters. The van der Waals surface area contributed by atoms with Gasteiger partial charge in [-0.2, -0.15) is 0 Å². The third-order valence-electron chi connectivity index (χ3n) is 1.22.